The van der Waals surface area contributed by atoms with Crippen molar-refractivity contribution in [3.8, 4) is 11.5 Å². The largest absolute Gasteiger partial charge is 0.454 e. The number of carbonyl (C=O) groups is 3. The first-order valence-electron chi connectivity index (χ1n) is 8.63. The van der Waals surface area contributed by atoms with E-state index in [2.05, 4.69) is 10.6 Å². The molecule has 0 fully saturated rings. The SMILES string of the molecule is Cc1ccc(NC(=O)COC(=O)CNC(=O)c2ccc3c(c2)OCO3)cc1C. The van der Waals surface area contributed by atoms with E-state index in [-0.39, 0.29) is 13.3 Å². The van der Waals surface area contributed by atoms with Gasteiger partial charge in [-0.25, -0.2) is 0 Å². The Balaban J connectivity index is 1.42. The van der Waals surface area contributed by atoms with E-state index in [0.717, 1.165) is 11.1 Å². The number of hydrogen-bond donors (Lipinski definition) is 2. The zero-order chi connectivity index (χ0) is 20.1. The maximum atomic E-state index is 12.1. The van der Waals surface area contributed by atoms with Gasteiger partial charge in [-0.1, -0.05) is 6.07 Å². The summed E-state index contributed by atoms with van der Waals surface area (Å²) in [7, 11) is 0. The number of anilines is 1. The van der Waals surface area contributed by atoms with Crippen molar-refractivity contribution in [3.05, 3.63) is 53.1 Å². The fraction of sp³-hybridized carbons (Fsp3) is 0.250. The van der Waals surface area contributed by atoms with E-state index in [9.17, 15) is 14.4 Å². The Labute approximate surface area is 161 Å². The highest BCUT2D eigenvalue weighted by atomic mass is 16.7. The molecule has 2 aromatic rings. The van der Waals surface area contributed by atoms with Crippen molar-refractivity contribution in [1.29, 1.82) is 0 Å². The first-order valence-corrected chi connectivity index (χ1v) is 8.63. The van der Waals surface area contributed by atoms with Gasteiger partial charge in [-0.2, -0.15) is 0 Å². The average Bonchev–Trinajstić information content (AvgIpc) is 3.15. The summed E-state index contributed by atoms with van der Waals surface area (Å²) in [6.45, 7) is 3.22. The van der Waals surface area contributed by atoms with Gasteiger partial charge in [0.05, 0.1) is 0 Å². The second-order valence-electron chi connectivity index (χ2n) is 6.26. The molecule has 0 bridgehead atoms. The van der Waals surface area contributed by atoms with Gasteiger partial charge < -0.3 is 24.8 Å². The topological polar surface area (TPSA) is 103 Å². The fourth-order valence-electron chi connectivity index (χ4n) is 2.51. The maximum absolute atomic E-state index is 12.1. The second-order valence-corrected chi connectivity index (χ2v) is 6.26. The molecule has 2 N–H and O–H groups in total. The Morgan fingerprint density at radius 3 is 2.57 bits per heavy atom. The van der Waals surface area contributed by atoms with Crippen LogP contribution in [0.3, 0.4) is 0 Å². The zero-order valence-corrected chi connectivity index (χ0v) is 15.5. The molecule has 0 radical (unpaired) electrons. The lowest BCUT2D eigenvalue weighted by molar-refractivity contribution is -0.146. The number of nitrogens with one attached hydrogen (secondary N) is 2. The first kappa shape index (κ1) is 19.2. The van der Waals surface area contributed by atoms with Crippen molar-refractivity contribution >= 4 is 23.5 Å². The molecule has 1 aliphatic rings. The van der Waals surface area contributed by atoms with Gasteiger partial charge >= 0.3 is 5.97 Å². The minimum absolute atomic E-state index is 0.108. The molecule has 146 valence electrons. The fourth-order valence-corrected chi connectivity index (χ4v) is 2.51. The Hall–Kier alpha value is -3.55. The molecule has 28 heavy (non-hydrogen) atoms. The predicted molar refractivity (Wildman–Crippen MR) is 100 cm³/mol. The van der Waals surface area contributed by atoms with Gasteiger partial charge in [0.15, 0.2) is 18.1 Å². The molecule has 0 atom stereocenters. The number of rotatable bonds is 6. The Morgan fingerprint density at radius 1 is 1.00 bits per heavy atom. The van der Waals surface area contributed by atoms with Gasteiger partial charge in [-0.3, -0.25) is 14.4 Å². The van der Waals surface area contributed by atoms with E-state index in [4.69, 9.17) is 14.2 Å². The summed E-state index contributed by atoms with van der Waals surface area (Å²) in [4.78, 5) is 35.7. The van der Waals surface area contributed by atoms with Crippen LogP contribution >= 0.6 is 0 Å². The summed E-state index contributed by atoms with van der Waals surface area (Å²) < 4.78 is 15.3. The number of esters is 1. The number of fused-ring (bicyclic) bond motifs is 1. The third-order valence-electron chi connectivity index (χ3n) is 4.18. The lowest BCUT2D eigenvalue weighted by Gasteiger charge is -2.09. The van der Waals surface area contributed by atoms with Gasteiger partial charge in [-0.15, -0.1) is 0 Å². The van der Waals surface area contributed by atoms with Crippen LogP contribution in [0.5, 0.6) is 11.5 Å². The molecule has 0 aromatic heterocycles. The van der Waals surface area contributed by atoms with Crippen LogP contribution in [0, 0.1) is 13.8 Å². The molecule has 8 heteroatoms. The van der Waals surface area contributed by atoms with Gasteiger partial charge in [0, 0.05) is 11.3 Å². The number of ether oxygens (including phenoxy) is 3. The highest BCUT2D eigenvalue weighted by molar-refractivity contribution is 5.97. The third-order valence-corrected chi connectivity index (χ3v) is 4.18. The molecule has 0 aliphatic carbocycles. The van der Waals surface area contributed by atoms with E-state index in [1.807, 2.05) is 26.0 Å². The average molecular weight is 384 g/mol. The van der Waals surface area contributed by atoms with Crippen molar-refractivity contribution < 1.29 is 28.6 Å². The van der Waals surface area contributed by atoms with Crippen molar-refractivity contribution in [1.82, 2.24) is 5.32 Å². The van der Waals surface area contributed by atoms with E-state index in [1.165, 1.54) is 6.07 Å². The van der Waals surface area contributed by atoms with Crippen molar-refractivity contribution in [2.45, 2.75) is 13.8 Å². The minimum Gasteiger partial charge on any atom is -0.454 e. The smallest absolute Gasteiger partial charge is 0.325 e. The van der Waals surface area contributed by atoms with Crippen molar-refractivity contribution in [3.63, 3.8) is 0 Å². The Kier molecular flexibility index (Phi) is 5.78. The van der Waals surface area contributed by atoms with Crippen LogP contribution in [0.15, 0.2) is 36.4 Å². The summed E-state index contributed by atoms with van der Waals surface area (Å²) in [5.74, 6) is -0.609. The summed E-state index contributed by atoms with van der Waals surface area (Å²) in [5, 5.41) is 5.09. The van der Waals surface area contributed by atoms with Gasteiger partial charge in [0.25, 0.3) is 11.8 Å². The molecule has 2 amide bonds. The lowest BCUT2D eigenvalue weighted by Crippen LogP contribution is -2.32. The van der Waals surface area contributed by atoms with Gasteiger partial charge in [0.1, 0.15) is 6.54 Å². The summed E-state index contributed by atoms with van der Waals surface area (Å²) in [6.07, 6.45) is 0. The molecule has 3 rings (SSSR count). The summed E-state index contributed by atoms with van der Waals surface area (Å²) in [6, 6.07) is 10.2. The molecular formula is C20H20N2O6. The molecular weight excluding hydrogens is 364 g/mol. The van der Waals surface area contributed by atoms with Crippen LogP contribution in [0.25, 0.3) is 0 Å². The molecule has 8 nitrogen and oxygen atoms in total. The van der Waals surface area contributed by atoms with E-state index >= 15 is 0 Å². The highest BCUT2D eigenvalue weighted by Gasteiger charge is 2.17. The second kappa shape index (κ2) is 8.43. The zero-order valence-electron chi connectivity index (χ0n) is 15.5. The first-order chi connectivity index (χ1) is 13.4. The quantitative estimate of drug-likeness (QED) is 0.738. The van der Waals surface area contributed by atoms with E-state index in [1.54, 1.807) is 18.2 Å². The summed E-state index contributed by atoms with van der Waals surface area (Å²) in [5.41, 5.74) is 3.11. The maximum Gasteiger partial charge on any atom is 0.325 e. The predicted octanol–water partition coefficient (Wildman–Crippen LogP) is 1.94. The van der Waals surface area contributed by atoms with E-state index < -0.39 is 24.4 Å². The number of amides is 2. The van der Waals surface area contributed by atoms with Crippen LogP contribution in [-0.4, -0.2) is 37.7 Å². The van der Waals surface area contributed by atoms with Crippen LogP contribution < -0.4 is 20.1 Å². The number of carbonyl (C=O) groups excluding carboxylic acids is 3. The van der Waals surface area contributed by atoms with Crippen LogP contribution in [0.4, 0.5) is 5.69 Å². The highest BCUT2D eigenvalue weighted by Crippen LogP contribution is 2.32. The number of aryl methyl sites for hydroxylation is 2. The molecule has 0 spiro atoms. The van der Waals surface area contributed by atoms with Gasteiger partial charge in [0.2, 0.25) is 6.79 Å². The van der Waals surface area contributed by atoms with Crippen molar-refractivity contribution in [2.24, 2.45) is 0 Å². The third kappa shape index (κ3) is 4.79. The normalized spacial score (nSPS) is 11.6. The Morgan fingerprint density at radius 2 is 1.79 bits per heavy atom. The number of hydrogen-bond acceptors (Lipinski definition) is 6. The van der Waals surface area contributed by atoms with Crippen molar-refractivity contribution in [2.75, 3.05) is 25.3 Å². The van der Waals surface area contributed by atoms with Gasteiger partial charge in [-0.05, 0) is 55.3 Å². The van der Waals surface area contributed by atoms with Crippen LogP contribution in [0.2, 0.25) is 0 Å². The lowest BCUT2D eigenvalue weighted by atomic mass is 10.1. The Bertz CT molecular complexity index is 925. The van der Waals surface area contributed by atoms with E-state index in [0.29, 0.717) is 22.7 Å². The number of benzene rings is 2. The van der Waals surface area contributed by atoms with Crippen LogP contribution in [0.1, 0.15) is 21.5 Å². The molecule has 1 aliphatic heterocycles. The standard InChI is InChI=1S/C20H20N2O6/c1-12-3-5-15(7-13(12)2)22-18(23)10-26-19(24)9-21-20(25)14-4-6-16-17(8-14)28-11-27-16/h3-8H,9-11H2,1-2H3,(H,21,25)(H,22,23). The molecule has 2 aromatic carbocycles. The molecule has 0 saturated heterocycles. The summed E-state index contributed by atoms with van der Waals surface area (Å²) >= 11 is 0. The van der Waals surface area contributed by atoms with Crippen LogP contribution in [-0.2, 0) is 14.3 Å². The monoisotopic (exact) mass is 384 g/mol. The molecule has 0 saturated carbocycles. The molecule has 1 heterocycles. The minimum atomic E-state index is -0.718. The molecule has 0 unspecified atom stereocenters.